The lowest BCUT2D eigenvalue weighted by atomic mass is 10.2. The Kier molecular flexibility index (Phi) is 4.18. The highest BCUT2D eigenvalue weighted by Crippen LogP contribution is 2.22. The van der Waals surface area contributed by atoms with Gasteiger partial charge in [-0.25, -0.2) is 14.6 Å². The Morgan fingerprint density at radius 1 is 1.14 bits per heavy atom. The van der Waals surface area contributed by atoms with Crippen LogP contribution in [-0.4, -0.2) is 36.2 Å². The highest BCUT2D eigenvalue weighted by molar-refractivity contribution is 5.90. The number of hydrogen-bond donors (Lipinski definition) is 1. The second-order valence-corrected chi connectivity index (χ2v) is 4.31. The molecule has 6 heteroatoms. The van der Waals surface area contributed by atoms with E-state index in [1.165, 1.54) is 25.4 Å². The van der Waals surface area contributed by atoms with Crippen LogP contribution in [-0.2, 0) is 4.74 Å². The van der Waals surface area contributed by atoms with Gasteiger partial charge in [0.1, 0.15) is 5.82 Å². The largest absolute Gasteiger partial charge is 0.478 e. The number of methoxy groups -OCH3 is 1. The van der Waals surface area contributed by atoms with E-state index in [-0.39, 0.29) is 5.56 Å². The summed E-state index contributed by atoms with van der Waals surface area (Å²) >= 11 is 0. The molecule has 0 unspecified atom stereocenters. The average Bonchev–Trinajstić information content (AvgIpc) is 2.53. The summed E-state index contributed by atoms with van der Waals surface area (Å²) in [6.45, 7) is 0. The fourth-order valence-electron chi connectivity index (χ4n) is 1.81. The van der Waals surface area contributed by atoms with Crippen molar-refractivity contribution < 1.29 is 19.4 Å². The Hall–Kier alpha value is -2.89. The Morgan fingerprint density at radius 2 is 1.81 bits per heavy atom. The number of carbonyl (C=O) groups excluding carboxylic acids is 1. The fraction of sp³-hybridized carbons (Fsp3) is 0.133. The molecule has 2 aromatic rings. The van der Waals surface area contributed by atoms with Crippen LogP contribution in [0, 0.1) is 0 Å². The zero-order valence-electron chi connectivity index (χ0n) is 11.6. The van der Waals surface area contributed by atoms with Gasteiger partial charge in [0.2, 0.25) is 0 Å². The molecule has 6 nitrogen and oxygen atoms in total. The first-order valence-corrected chi connectivity index (χ1v) is 6.14. The first kappa shape index (κ1) is 14.5. The van der Waals surface area contributed by atoms with Crippen LogP contribution in [0.5, 0.6) is 0 Å². The van der Waals surface area contributed by atoms with Gasteiger partial charge >= 0.3 is 11.9 Å². The van der Waals surface area contributed by atoms with E-state index in [9.17, 15) is 9.59 Å². The Bertz CT molecular complexity index is 668. The number of aromatic carboxylic acids is 1. The molecule has 0 aliphatic rings. The predicted octanol–water partition coefficient (Wildman–Crippen LogP) is 2.33. The van der Waals surface area contributed by atoms with Crippen molar-refractivity contribution >= 4 is 23.4 Å². The van der Waals surface area contributed by atoms with E-state index in [4.69, 9.17) is 5.11 Å². The number of aromatic nitrogens is 1. The molecule has 108 valence electrons. The van der Waals surface area contributed by atoms with Gasteiger partial charge in [-0.1, -0.05) is 0 Å². The summed E-state index contributed by atoms with van der Waals surface area (Å²) < 4.78 is 4.67. The van der Waals surface area contributed by atoms with Crippen molar-refractivity contribution in [2.45, 2.75) is 0 Å². The zero-order chi connectivity index (χ0) is 15.4. The van der Waals surface area contributed by atoms with E-state index in [0.717, 1.165) is 5.69 Å². The van der Waals surface area contributed by atoms with Crippen LogP contribution in [0.3, 0.4) is 0 Å². The first-order chi connectivity index (χ1) is 10.0. The van der Waals surface area contributed by atoms with E-state index < -0.39 is 11.9 Å². The highest BCUT2D eigenvalue weighted by Gasteiger charge is 2.11. The average molecular weight is 286 g/mol. The number of carbonyl (C=O) groups is 2. The van der Waals surface area contributed by atoms with Gasteiger partial charge in [-0.2, -0.15) is 0 Å². The van der Waals surface area contributed by atoms with Crippen molar-refractivity contribution in [3.63, 3.8) is 0 Å². The van der Waals surface area contributed by atoms with Crippen LogP contribution >= 0.6 is 0 Å². The molecule has 1 heterocycles. The number of carboxylic acid groups (broad SMARTS) is 1. The lowest BCUT2D eigenvalue weighted by Crippen LogP contribution is -2.12. The number of rotatable bonds is 4. The minimum atomic E-state index is -0.977. The van der Waals surface area contributed by atoms with Crippen molar-refractivity contribution in [2.75, 3.05) is 19.1 Å². The molecule has 0 saturated carbocycles. The number of anilines is 2. The summed E-state index contributed by atoms with van der Waals surface area (Å²) in [4.78, 5) is 28.3. The molecule has 1 aromatic heterocycles. The van der Waals surface area contributed by atoms with Gasteiger partial charge in [0, 0.05) is 18.9 Å². The number of benzene rings is 1. The van der Waals surface area contributed by atoms with Gasteiger partial charge in [0.25, 0.3) is 0 Å². The van der Waals surface area contributed by atoms with Crippen molar-refractivity contribution in [3.8, 4) is 0 Å². The Labute approximate surface area is 121 Å². The second kappa shape index (κ2) is 6.04. The van der Waals surface area contributed by atoms with Gasteiger partial charge in [-0.05, 0) is 36.4 Å². The first-order valence-electron chi connectivity index (χ1n) is 6.14. The van der Waals surface area contributed by atoms with E-state index in [0.29, 0.717) is 11.4 Å². The molecule has 0 atom stereocenters. The molecule has 1 aromatic carbocycles. The third kappa shape index (κ3) is 3.17. The van der Waals surface area contributed by atoms with E-state index in [1.54, 1.807) is 36.2 Å². The summed E-state index contributed by atoms with van der Waals surface area (Å²) in [5, 5.41) is 8.88. The molecule has 0 amide bonds. The molecule has 0 aliphatic carbocycles. The van der Waals surface area contributed by atoms with Crippen LogP contribution < -0.4 is 4.90 Å². The second-order valence-electron chi connectivity index (χ2n) is 4.31. The van der Waals surface area contributed by atoms with Gasteiger partial charge in [0.15, 0.2) is 0 Å². The molecule has 0 fully saturated rings. The zero-order valence-corrected chi connectivity index (χ0v) is 11.6. The van der Waals surface area contributed by atoms with Gasteiger partial charge in [-0.15, -0.1) is 0 Å². The van der Waals surface area contributed by atoms with E-state index in [2.05, 4.69) is 9.72 Å². The lowest BCUT2D eigenvalue weighted by Gasteiger charge is -2.18. The maximum absolute atomic E-state index is 11.5. The maximum atomic E-state index is 11.5. The molecule has 0 aliphatic heterocycles. The van der Waals surface area contributed by atoms with Crippen molar-refractivity contribution in [1.29, 1.82) is 0 Å². The molecule has 0 spiro atoms. The van der Waals surface area contributed by atoms with Crippen molar-refractivity contribution in [2.24, 2.45) is 0 Å². The number of ether oxygens (including phenoxy) is 1. The number of pyridine rings is 1. The SMILES string of the molecule is COC(=O)c1ccnc(N(C)c2ccc(C(=O)O)cc2)c1. The predicted molar refractivity (Wildman–Crippen MR) is 77.0 cm³/mol. The van der Waals surface area contributed by atoms with Crippen LogP contribution in [0.2, 0.25) is 0 Å². The number of carboxylic acids is 1. The van der Waals surface area contributed by atoms with Gasteiger partial charge in [0.05, 0.1) is 18.2 Å². The van der Waals surface area contributed by atoms with Crippen LogP contribution in [0.25, 0.3) is 0 Å². The normalized spacial score (nSPS) is 10.0. The Balaban J connectivity index is 2.29. The lowest BCUT2D eigenvalue weighted by molar-refractivity contribution is 0.0599. The molecule has 0 saturated heterocycles. The standard InChI is InChI=1S/C15H14N2O4/c1-17(12-5-3-10(4-6-12)14(18)19)13-9-11(7-8-16-13)15(20)21-2/h3-9H,1-2H3,(H,18,19). The number of hydrogen-bond acceptors (Lipinski definition) is 5. The molecule has 21 heavy (non-hydrogen) atoms. The topological polar surface area (TPSA) is 79.7 Å². The minimum absolute atomic E-state index is 0.212. The molecule has 0 bridgehead atoms. The van der Waals surface area contributed by atoms with Crippen LogP contribution in [0.4, 0.5) is 11.5 Å². The highest BCUT2D eigenvalue weighted by atomic mass is 16.5. The van der Waals surface area contributed by atoms with Gasteiger partial charge < -0.3 is 14.7 Å². The summed E-state index contributed by atoms with van der Waals surface area (Å²) in [7, 11) is 3.09. The fourth-order valence-corrected chi connectivity index (χ4v) is 1.81. The summed E-state index contributed by atoms with van der Waals surface area (Å²) in [5.41, 5.74) is 1.37. The molecular formula is C15H14N2O4. The number of nitrogens with zero attached hydrogens (tertiary/aromatic N) is 2. The molecular weight excluding hydrogens is 272 g/mol. The quantitative estimate of drug-likeness (QED) is 0.869. The molecule has 0 radical (unpaired) electrons. The van der Waals surface area contributed by atoms with Crippen molar-refractivity contribution in [1.82, 2.24) is 4.98 Å². The Morgan fingerprint density at radius 3 is 2.38 bits per heavy atom. The molecule has 2 rings (SSSR count). The van der Waals surface area contributed by atoms with Crippen LogP contribution in [0.1, 0.15) is 20.7 Å². The number of esters is 1. The van der Waals surface area contributed by atoms with E-state index in [1.807, 2.05) is 0 Å². The summed E-state index contributed by atoms with van der Waals surface area (Å²) in [5.74, 6) is -0.857. The minimum Gasteiger partial charge on any atom is -0.478 e. The van der Waals surface area contributed by atoms with Gasteiger partial charge in [-0.3, -0.25) is 0 Å². The van der Waals surface area contributed by atoms with E-state index >= 15 is 0 Å². The third-order valence-corrected chi connectivity index (χ3v) is 3.01. The molecule has 1 N–H and O–H groups in total. The smallest absolute Gasteiger partial charge is 0.338 e. The van der Waals surface area contributed by atoms with Crippen LogP contribution in [0.15, 0.2) is 42.6 Å². The third-order valence-electron chi connectivity index (χ3n) is 3.01. The monoisotopic (exact) mass is 286 g/mol. The maximum Gasteiger partial charge on any atom is 0.338 e. The van der Waals surface area contributed by atoms with Crippen molar-refractivity contribution in [3.05, 3.63) is 53.7 Å². The summed E-state index contributed by atoms with van der Waals surface area (Å²) in [6, 6.07) is 9.55. The summed E-state index contributed by atoms with van der Waals surface area (Å²) in [6.07, 6.45) is 1.52.